The smallest absolute Gasteiger partial charge is 0.226 e. The third-order valence-corrected chi connectivity index (χ3v) is 8.75. The molecular formula is C33H30BrN5OS. The third-order valence-electron chi connectivity index (χ3n) is 7.72. The summed E-state index contributed by atoms with van der Waals surface area (Å²) in [6.07, 6.45) is 2.10. The van der Waals surface area contributed by atoms with Crippen molar-refractivity contribution in [1.82, 2.24) is 19.8 Å². The summed E-state index contributed by atoms with van der Waals surface area (Å²) >= 11 is 9.61. The Hall–Kier alpha value is -4.01. The molecule has 5 aromatic rings. The van der Waals surface area contributed by atoms with Gasteiger partial charge in [-0.2, -0.15) is 0 Å². The molecule has 0 spiro atoms. The fraction of sp³-hybridized carbons (Fsp3) is 0.182. The number of thiocarbonyl (C=S) groups is 1. The van der Waals surface area contributed by atoms with Crippen LogP contribution in [0.1, 0.15) is 41.1 Å². The van der Waals surface area contributed by atoms with Crippen LogP contribution in [-0.4, -0.2) is 32.0 Å². The molecule has 41 heavy (non-hydrogen) atoms. The normalized spacial score (nSPS) is 16.7. The number of fused-ring (bicyclic) bond motifs is 1. The monoisotopic (exact) mass is 623 g/mol. The first kappa shape index (κ1) is 27.2. The lowest BCUT2D eigenvalue weighted by atomic mass is 9.96. The summed E-state index contributed by atoms with van der Waals surface area (Å²) in [5.41, 5.74) is 6.20. The van der Waals surface area contributed by atoms with Crippen molar-refractivity contribution in [2.24, 2.45) is 0 Å². The summed E-state index contributed by atoms with van der Waals surface area (Å²) in [4.78, 5) is 20.1. The molecule has 3 aromatic carbocycles. The molecule has 2 N–H and O–H groups in total. The Kier molecular flexibility index (Phi) is 7.60. The number of aromatic nitrogens is 2. The van der Waals surface area contributed by atoms with E-state index in [0.29, 0.717) is 18.1 Å². The van der Waals surface area contributed by atoms with Crippen molar-refractivity contribution in [3.05, 3.63) is 124 Å². The minimum atomic E-state index is -0.155. The Morgan fingerprint density at radius 3 is 2.56 bits per heavy atom. The number of carbonyl (C=O) groups is 1. The Morgan fingerprint density at radius 1 is 1.00 bits per heavy atom. The van der Waals surface area contributed by atoms with Crippen LogP contribution in [-0.2, 0) is 4.79 Å². The second kappa shape index (κ2) is 11.5. The Bertz CT molecular complexity index is 1750. The predicted molar refractivity (Wildman–Crippen MR) is 172 cm³/mol. The molecule has 6 rings (SSSR count). The molecule has 6 nitrogen and oxygen atoms in total. The fourth-order valence-corrected chi connectivity index (χ4v) is 6.64. The number of amides is 1. The number of halogens is 1. The number of carbonyl (C=O) groups excluding carboxylic acids is 1. The molecule has 1 saturated heterocycles. The van der Waals surface area contributed by atoms with Crippen LogP contribution in [0.15, 0.2) is 102 Å². The van der Waals surface area contributed by atoms with Crippen LogP contribution < -0.4 is 10.6 Å². The summed E-state index contributed by atoms with van der Waals surface area (Å²) in [6.45, 7) is 4.73. The van der Waals surface area contributed by atoms with Crippen molar-refractivity contribution in [3.63, 3.8) is 0 Å². The maximum Gasteiger partial charge on any atom is 0.226 e. The number of rotatable bonds is 7. The van der Waals surface area contributed by atoms with Gasteiger partial charge in [-0.25, -0.2) is 0 Å². The zero-order chi connectivity index (χ0) is 28.5. The summed E-state index contributed by atoms with van der Waals surface area (Å²) in [5, 5.41) is 9.37. The topological polar surface area (TPSA) is 62.2 Å². The molecule has 0 aliphatic carbocycles. The molecule has 1 fully saturated rings. The number of benzene rings is 3. The third kappa shape index (κ3) is 5.25. The van der Waals surface area contributed by atoms with Crippen LogP contribution in [0.3, 0.4) is 0 Å². The van der Waals surface area contributed by atoms with Gasteiger partial charge in [-0.15, -0.1) is 0 Å². The van der Waals surface area contributed by atoms with Crippen molar-refractivity contribution >= 4 is 55.6 Å². The number of nitrogens with one attached hydrogen (secondary N) is 2. The van der Waals surface area contributed by atoms with Crippen LogP contribution in [0.25, 0.3) is 16.5 Å². The molecule has 2 aromatic heterocycles. The summed E-state index contributed by atoms with van der Waals surface area (Å²) in [6, 6.07) is 30.1. The molecule has 206 valence electrons. The van der Waals surface area contributed by atoms with Crippen LogP contribution in [0.2, 0.25) is 0 Å². The average Bonchev–Trinajstić information content (AvgIpc) is 3.47. The van der Waals surface area contributed by atoms with Gasteiger partial charge < -0.3 is 20.1 Å². The highest BCUT2D eigenvalue weighted by atomic mass is 79.9. The van der Waals surface area contributed by atoms with Crippen molar-refractivity contribution in [1.29, 1.82) is 0 Å². The summed E-state index contributed by atoms with van der Waals surface area (Å²) < 4.78 is 3.29. The van der Waals surface area contributed by atoms with E-state index >= 15 is 0 Å². The fourth-order valence-electron chi connectivity index (χ4n) is 5.84. The largest absolute Gasteiger partial charge is 0.352 e. The second-order valence-corrected chi connectivity index (χ2v) is 11.5. The number of anilines is 1. The van der Waals surface area contributed by atoms with E-state index in [1.165, 1.54) is 0 Å². The SMILES string of the molecule is Cc1cc([C@@H]2[C@@H](c3ccccn3)NC(=S)N2CCC(=O)Nc2cccc3ccccc23)c(C)n1-c1ccccc1Br. The number of aryl methyl sites for hydroxylation is 1. The molecular weight excluding hydrogens is 594 g/mol. The van der Waals surface area contributed by atoms with Crippen molar-refractivity contribution < 1.29 is 4.79 Å². The maximum atomic E-state index is 13.2. The second-order valence-electron chi connectivity index (χ2n) is 10.3. The first-order chi connectivity index (χ1) is 19.9. The van der Waals surface area contributed by atoms with Gasteiger partial charge in [0, 0.05) is 46.1 Å². The number of para-hydroxylation sites is 1. The van der Waals surface area contributed by atoms with Crippen LogP contribution in [0.5, 0.6) is 0 Å². The first-order valence-corrected chi connectivity index (χ1v) is 14.8. The minimum absolute atomic E-state index is 0.0529. The molecule has 0 bridgehead atoms. The summed E-state index contributed by atoms with van der Waals surface area (Å²) in [7, 11) is 0. The van der Waals surface area contributed by atoms with Crippen molar-refractivity contribution in [2.75, 3.05) is 11.9 Å². The van der Waals surface area contributed by atoms with E-state index in [9.17, 15) is 4.79 Å². The molecule has 2 atom stereocenters. The molecule has 8 heteroatoms. The number of hydrogen-bond donors (Lipinski definition) is 2. The lowest BCUT2D eigenvalue weighted by Gasteiger charge is -2.28. The first-order valence-electron chi connectivity index (χ1n) is 13.6. The van der Waals surface area contributed by atoms with Gasteiger partial charge in [0.15, 0.2) is 5.11 Å². The van der Waals surface area contributed by atoms with Crippen LogP contribution in [0, 0.1) is 13.8 Å². The zero-order valence-electron chi connectivity index (χ0n) is 22.8. The van der Waals surface area contributed by atoms with Gasteiger partial charge in [-0.1, -0.05) is 54.6 Å². The lowest BCUT2D eigenvalue weighted by Crippen LogP contribution is -2.33. The number of nitrogens with zero attached hydrogens (tertiary/aromatic N) is 3. The van der Waals surface area contributed by atoms with E-state index in [-0.39, 0.29) is 18.0 Å². The van der Waals surface area contributed by atoms with Crippen molar-refractivity contribution in [3.8, 4) is 5.69 Å². The predicted octanol–water partition coefficient (Wildman–Crippen LogP) is 7.41. The zero-order valence-corrected chi connectivity index (χ0v) is 25.2. The van der Waals surface area contributed by atoms with Crippen molar-refractivity contribution in [2.45, 2.75) is 32.4 Å². The van der Waals surface area contributed by atoms with E-state index in [4.69, 9.17) is 12.2 Å². The van der Waals surface area contributed by atoms with Crippen LogP contribution >= 0.6 is 28.1 Å². The van der Waals surface area contributed by atoms with Crippen LogP contribution in [0.4, 0.5) is 5.69 Å². The summed E-state index contributed by atoms with van der Waals surface area (Å²) in [5.74, 6) is -0.0529. The maximum absolute atomic E-state index is 13.2. The van der Waals surface area contributed by atoms with E-state index in [1.807, 2.05) is 79.0 Å². The molecule has 1 aliphatic rings. The highest BCUT2D eigenvalue weighted by molar-refractivity contribution is 9.10. The Morgan fingerprint density at radius 2 is 1.76 bits per heavy atom. The number of hydrogen-bond acceptors (Lipinski definition) is 3. The van der Waals surface area contributed by atoms with E-state index in [1.54, 1.807) is 0 Å². The van der Waals surface area contributed by atoms with Gasteiger partial charge >= 0.3 is 0 Å². The van der Waals surface area contributed by atoms with Gasteiger partial charge in [-0.05, 0) is 89.3 Å². The number of pyridine rings is 1. The highest BCUT2D eigenvalue weighted by Crippen LogP contribution is 2.42. The Balaban J connectivity index is 1.32. The molecule has 3 heterocycles. The van der Waals surface area contributed by atoms with Gasteiger partial charge in [0.25, 0.3) is 0 Å². The van der Waals surface area contributed by atoms with Gasteiger partial charge in [0.1, 0.15) is 0 Å². The lowest BCUT2D eigenvalue weighted by molar-refractivity contribution is -0.116. The van der Waals surface area contributed by atoms with E-state index < -0.39 is 0 Å². The molecule has 0 unspecified atom stereocenters. The Labute approximate surface area is 253 Å². The molecule has 0 saturated carbocycles. The quantitative estimate of drug-likeness (QED) is 0.185. The molecule has 1 aliphatic heterocycles. The van der Waals surface area contributed by atoms with Gasteiger partial charge in [-0.3, -0.25) is 9.78 Å². The molecule has 0 radical (unpaired) electrons. The van der Waals surface area contributed by atoms with E-state index in [0.717, 1.165) is 49.3 Å². The van der Waals surface area contributed by atoms with Gasteiger partial charge in [0.05, 0.1) is 23.5 Å². The molecule has 1 amide bonds. The standard InChI is InChI=1S/C33H30BrN5OS/c1-21-20-25(22(2)39(21)29-16-6-5-13-26(29)34)32-31(28-14-7-8-18-35-28)37-33(41)38(32)19-17-30(40)36-27-15-9-11-23-10-3-4-12-24(23)27/h3-16,18,20,31-32H,17,19H2,1-2H3,(H,36,40)(H,37,41)/t31-,32-/m1/s1. The average molecular weight is 625 g/mol. The minimum Gasteiger partial charge on any atom is -0.352 e. The van der Waals surface area contributed by atoms with Gasteiger partial charge in [0.2, 0.25) is 5.91 Å². The highest BCUT2D eigenvalue weighted by Gasteiger charge is 2.41. The van der Waals surface area contributed by atoms with E-state index in [2.05, 4.69) is 73.1 Å².